The molecule has 5 heteroatoms. The van der Waals surface area contributed by atoms with Crippen LogP contribution in [0.1, 0.15) is 62.6 Å². The summed E-state index contributed by atoms with van der Waals surface area (Å²) in [5.41, 5.74) is 4.49. The van der Waals surface area contributed by atoms with Gasteiger partial charge in [0.1, 0.15) is 5.82 Å². The summed E-state index contributed by atoms with van der Waals surface area (Å²) < 4.78 is 0. The average molecular weight is 458 g/mol. The molecule has 2 aromatic carbocycles. The zero-order valence-corrected chi connectivity index (χ0v) is 21.2. The first-order valence-electron chi connectivity index (χ1n) is 12.3. The Kier molecular flexibility index (Phi) is 11.6. The van der Waals surface area contributed by atoms with Crippen molar-refractivity contribution >= 4 is 11.5 Å². The molecule has 0 saturated carbocycles. The minimum Gasteiger partial charge on any atom is -0.380 e. The summed E-state index contributed by atoms with van der Waals surface area (Å²) in [7, 11) is 1.94. The molecule has 2 heterocycles. The lowest BCUT2D eigenvalue weighted by Gasteiger charge is -2.33. The molecule has 1 aliphatic heterocycles. The lowest BCUT2D eigenvalue weighted by Crippen LogP contribution is -2.38. The van der Waals surface area contributed by atoms with Gasteiger partial charge in [0, 0.05) is 25.2 Å². The van der Waals surface area contributed by atoms with Crippen LogP contribution in [-0.2, 0) is 0 Å². The number of fused-ring (bicyclic) bond motifs is 1. The highest BCUT2D eigenvalue weighted by atomic mass is 15.1. The Hall–Kier alpha value is -3.36. The van der Waals surface area contributed by atoms with Crippen LogP contribution in [0.4, 0.5) is 11.5 Å². The molecule has 5 nitrogen and oxygen atoms in total. The summed E-state index contributed by atoms with van der Waals surface area (Å²) in [6, 6.07) is 25.0. The lowest BCUT2D eigenvalue weighted by atomic mass is 9.88. The highest BCUT2D eigenvalue weighted by Crippen LogP contribution is 2.31. The number of hydrogen-bond acceptors (Lipinski definition) is 5. The van der Waals surface area contributed by atoms with Crippen LogP contribution in [0.3, 0.4) is 0 Å². The Balaban J connectivity index is 0.000000239. The maximum Gasteiger partial charge on any atom is 0.149 e. The van der Waals surface area contributed by atoms with Gasteiger partial charge in [-0.1, -0.05) is 70.2 Å². The highest BCUT2D eigenvalue weighted by Gasteiger charge is 2.25. The quantitative estimate of drug-likeness (QED) is 0.400. The first-order valence-corrected chi connectivity index (χ1v) is 12.3. The molecule has 34 heavy (non-hydrogen) atoms. The Morgan fingerprint density at radius 1 is 1.03 bits per heavy atom. The largest absolute Gasteiger partial charge is 0.380 e. The van der Waals surface area contributed by atoms with Crippen molar-refractivity contribution in [3.63, 3.8) is 0 Å². The average Bonchev–Trinajstić information content (AvgIpc) is 2.91. The van der Waals surface area contributed by atoms with Crippen LogP contribution in [0.15, 0.2) is 72.9 Å². The summed E-state index contributed by atoms with van der Waals surface area (Å²) in [6.45, 7) is 10.3. The fourth-order valence-corrected chi connectivity index (χ4v) is 4.12. The van der Waals surface area contributed by atoms with Gasteiger partial charge in [-0.2, -0.15) is 5.26 Å². The van der Waals surface area contributed by atoms with E-state index in [9.17, 15) is 0 Å². The number of nitrogens with one attached hydrogen (secondary N) is 3. The molecule has 3 atom stereocenters. The first-order chi connectivity index (χ1) is 16.7. The van der Waals surface area contributed by atoms with E-state index in [1.807, 2.05) is 57.4 Å². The number of benzene rings is 2. The van der Waals surface area contributed by atoms with E-state index in [-0.39, 0.29) is 0 Å². The Bertz CT molecular complexity index is 995. The number of anilines is 2. The maximum absolute atomic E-state index is 8.61. The predicted molar refractivity (Wildman–Crippen MR) is 144 cm³/mol. The summed E-state index contributed by atoms with van der Waals surface area (Å²) >= 11 is 0. The number of pyridine rings is 1. The number of hydrogen-bond donors (Lipinski definition) is 3. The molecule has 0 radical (unpaired) electrons. The van der Waals surface area contributed by atoms with Crippen molar-refractivity contribution in [3.8, 4) is 6.07 Å². The van der Waals surface area contributed by atoms with Crippen molar-refractivity contribution in [1.82, 2.24) is 10.3 Å². The summed E-state index contributed by atoms with van der Waals surface area (Å²) in [4.78, 5) is 4.41. The van der Waals surface area contributed by atoms with Crippen LogP contribution in [0, 0.1) is 11.3 Å². The second-order valence-electron chi connectivity index (χ2n) is 8.15. The lowest BCUT2D eigenvalue weighted by molar-refractivity contribution is 0.557. The van der Waals surface area contributed by atoms with Gasteiger partial charge in [-0.05, 0) is 54.8 Å². The van der Waals surface area contributed by atoms with Gasteiger partial charge in [0.25, 0.3) is 0 Å². The van der Waals surface area contributed by atoms with E-state index in [1.54, 1.807) is 0 Å². The van der Waals surface area contributed by atoms with Gasteiger partial charge in [-0.3, -0.25) is 0 Å². The molecule has 0 saturated heterocycles. The molecule has 0 bridgehead atoms. The minimum atomic E-state index is 0.384. The summed E-state index contributed by atoms with van der Waals surface area (Å²) in [5, 5.41) is 18.8. The van der Waals surface area contributed by atoms with Crippen LogP contribution in [0.2, 0.25) is 0 Å². The third kappa shape index (κ3) is 7.60. The van der Waals surface area contributed by atoms with Crippen LogP contribution in [0.25, 0.3) is 0 Å². The molecule has 0 amide bonds. The third-order valence-electron chi connectivity index (χ3n) is 5.91. The fraction of sp³-hybridized carbons (Fsp3) is 0.379. The molecule has 0 spiro atoms. The van der Waals surface area contributed by atoms with E-state index in [0.29, 0.717) is 17.9 Å². The predicted octanol–water partition coefficient (Wildman–Crippen LogP) is 6.39. The fourth-order valence-electron chi connectivity index (χ4n) is 4.12. The number of aromatic nitrogens is 1. The van der Waals surface area contributed by atoms with Crippen LogP contribution in [0.5, 0.6) is 0 Å². The normalized spacial score (nSPS) is 15.4. The number of likely N-dealkylation sites (N-methyl/N-ethyl adjacent to an activating group) is 1. The molecule has 180 valence electrons. The molecular weight excluding hydrogens is 418 g/mol. The van der Waals surface area contributed by atoms with Crippen LogP contribution >= 0.6 is 0 Å². The van der Waals surface area contributed by atoms with Gasteiger partial charge in [0.15, 0.2) is 0 Å². The molecule has 3 unspecified atom stereocenters. The second-order valence-corrected chi connectivity index (χ2v) is 8.15. The van der Waals surface area contributed by atoms with Gasteiger partial charge < -0.3 is 16.0 Å². The van der Waals surface area contributed by atoms with Gasteiger partial charge in [0.2, 0.25) is 0 Å². The molecule has 3 aromatic rings. The SMILES string of the molecule is CC.CCC(c1ccccc1)C1CNc2cccnc2N1.CNCC(C)c1ccc(C#N)cc1. The van der Waals surface area contributed by atoms with Gasteiger partial charge >= 0.3 is 0 Å². The van der Waals surface area contributed by atoms with Crippen LogP contribution < -0.4 is 16.0 Å². The highest BCUT2D eigenvalue weighted by molar-refractivity contribution is 5.67. The number of nitriles is 1. The van der Waals surface area contributed by atoms with Gasteiger partial charge in [-0.25, -0.2) is 4.98 Å². The van der Waals surface area contributed by atoms with Crippen molar-refractivity contribution in [2.24, 2.45) is 0 Å². The molecule has 1 aromatic heterocycles. The standard InChI is InChI=1S/C16H19N3.C11H14N2.C2H6/c1-2-13(12-7-4-3-5-8-12)15-11-18-14-9-6-10-17-16(14)19-15;1-9(8-13-2)11-5-3-10(7-12)4-6-11;1-2/h3-10,13,15,18H,2,11H2,1H3,(H,17,19);3-6,9,13H,8H2,1-2H3;1-2H3. The zero-order chi connectivity index (χ0) is 24.8. The van der Waals surface area contributed by atoms with Crippen molar-refractivity contribution in [2.75, 3.05) is 30.8 Å². The van der Waals surface area contributed by atoms with Crippen LogP contribution in [-0.4, -0.2) is 31.2 Å². The van der Waals surface area contributed by atoms with Crippen molar-refractivity contribution < 1.29 is 0 Å². The Labute approximate surface area is 205 Å². The van der Waals surface area contributed by atoms with Crippen molar-refractivity contribution in [3.05, 3.63) is 89.6 Å². The van der Waals surface area contributed by atoms with Crippen molar-refractivity contribution in [1.29, 1.82) is 5.26 Å². The number of rotatable bonds is 6. The smallest absolute Gasteiger partial charge is 0.149 e. The summed E-state index contributed by atoms with van der Waals surface area (Å²) in [5.74, 6) is 1.97. The van der Waals surface area contributed by atoms with E-state index in [0.717, 1.165) is 36.6 Å². The molecule has 0 aliphatic carbocycles. The second kappa shape index (κ2) is 14.7. The maximum atomic E-state index is 8.61. The first kappa shape index (κ1) is 26.9. The van der Waals surface area contributed by atoms with E-state index < -0.39 is 0 Å². The third-order valence-corrected chi connectivity index (χ3v) is 5.91. The Morgan fingerprint density at radius 3 is 2.35 bits per heavy atom. The van der Waals surface area contributed by atoms with Gasteiger partial charge in [-0.15, -0.1) is 0 Å². The van der Waals surface area contributed by atoms with E-state index in [4.69, 9.17) is 5.26 Å². The summed E-state index contributed by atoms with van der Waals surface area (Å²) in [6.07, 6.45) is 2.95. The monoisotopic (exact) mass is 457 g/mol. The molecule has 0 fully saturated rings. The Morgan fingerprint density at radius 2 is 1.74 bits per heavy atom. The topological polar surface area (TPSA) is 72.8 Å². The molecule has 4 rings (SSSR count). The van der Waals surface area contributed by atoms with E-state index in [1.165, 1.54) is 11.1 Å². The zero-order valence-electron chi connectivity index (χ0n) is 21.2. The molecule has 1 aliphatic rings. The van der Waals surface area contributed by atoms with E-state index in [2.05, 4.69) is 77.2 Å². The minimum absolute atomic E-state index is 0.384. The van der Waals surface area contributed by atoms with Crippen molar-refractivity contribution in [2.45, 2.75) is 52.0 Å². The molecular formula is C29H39N5. The number of nitrogens with zero attached hydrogens (tertiary/aromatic N) is 2. The van der Waals surface area contributed by atoms with E-state index >= 15 is 0 Å². The molecule has 3 N–H and O–H groups in total. The van der Waals surface area contributed by atoms with Gasteiger partial charge in [0.05, 0.1) is 23.4 Å².